The monoisotopic (exact) mass is 302 g/mol. The predicted octanol–water partition coefficient (Wildman–Crippen LogP) is 3.19. The third-order valence-corrected chi connectivity index (χ3v) is 5.49. The molecular weight excluding hydrogens is 280 g/mol. The minimum Gasteiger partial charge on any atom is -0.334 e. The number of rotatable bonds is 5. The average molecular weight is 302 g/mol. The maximum Gasteiger partial charge on any atom is 0.113 e. The Hall–Kier alpha value is -1.20. The van der Waals surface area contributed by atoms with Crippen molar-refractivity contribution in [3.05, 3.63) is 33.8 Å². The molecule has 1 N–H and O–H groups in total. The molecule has 0 radical (unpaired) electrons. The van der Waals surface area contributed by atoms with Crippen LogP contribution < -0.4 is 5.32 Å². The third kappa shape index (κ3) is 2.90. The number of thiazole rings is 1. The molecule has 0 spiro atoms. The molecule has 3 heterocycles. The molecule has 2 aromatic rings. The first-order chi connectivity index (χ1) is 10.3. The molecule has 4 rings (SSSR count). The lowest BCUT2D eigenvalue weighted by Gasteiger charge is -2.23. The lowest BCUT2D eigenvalue weighted by Crippen LogP contribution is -2.26. The van der Waals surface area contributed by atoms with E-state index in [4.69, 9.17) is 9.97 Å². The Bertz CT molecular complexity index is 626. The molecule has 0 amide bonds. The second-order valence-corrected chi connectivity index (χ2v) is 7.24. The van der Waals surface area contributed by atoms with Crippen LogP contribution >= 0.6 is 11.3 Å². The second kappa shape index (κ2) is 5.54. The van der Waals surface area contributed by atoms with Gasteiger partial charge in [-0.3, -0.25) is 0 Å². The van der Waals surface area contributed by atoms with Crippen LogP contribution in [0.5, 0.6) is 0 Å². The van der Waals surface area contributed by atoms with E-state index in [2.05, 4.69) is 28.4 Å². The Labute approximate surface area is 129 Å². The number of nitrogens with one attached hydrogen (secondary N) is 1. The molecule has 1 atom stereocenters. The third-order valence-electron chi connectivity index (χ3n) is 4.44. The minimum absolute atomic E-state index is 0.550. The van der Waals surface area contributed by atoms with Crippen LogP contribution in [0.4, 0.5) is 0 Å². The van der Waals surface area contributed by atoms with Gasteiger partial charge >= 0.3 is 0 Å². The van der Waals surface area contributed by atoms with E-state index >= 15 is 0 Å². The summed E-state index contributed by atoms with van der Waals surface area (Å²) in [6.45, 7) is 5.11. The van der Waals surface area contributed by atoms with Gasteiger partial charge < -0.3 is 9.88 Å². The van der Waals surface area contributed by atoms with Crippen molar-refractivity contribution in [3.8, 4) is 0 Å². The SMILES string of the molecule is Cc1cn2c(n1)C(CNCc1csc(C3CC3)n1)CCC2. The highest BCUT2D eigenvalue weighted by atomic mass is 32.1. The number of aromatic nitrogens is 3. The van der Waals surface area contributed by atoms with Crippen LogP contribution in [0.2, 0.25) is 0 Å². The van der Waals surface area contributed by atoms with Gasteiger partial charge in [0.2, 0.25) is 0 Å². The Morgan fingerprint density at radius 3 is 3.10 bits per heavy atom. The molecule has 1 saturated carbocycles. The predicted molar refractivity (Wildman–Crippen MR) is 84.7 cm³/mol. The Morgan fingerprint density at radius 1 is 1.33 bits per heavy atom. The quantitative estimate of drug-likeness (QED) is 0.922. The molecule has 21 heavy (non-hydrogen) atoms. The average Bonchev–Trinajstić information content (AvgIpc) is 3.09. The van der Waals surface area contributed by atoms with E-state index < -0.39 is 0 Å². The number of aryl methyl sites for hydroxylation is 2. The first-order valence-corrected chi connectivity index (χ1v) is 8.86. The van der Waals surface area contributed by atoms with Crippen molar-refractivity contribution in [1.29, 1.82) is 0 Å². The number of hydrogen-bond donors (Lipinski definition) is 1. The molecule has 2 aromatic heterocycles. The van der Waals surface area contributed by atoms with Crippen LogP contribution in [-0.4, -0.2) is 21.1 Å². The summed E-state index contributed by atoms with van der Waals surface area (Å²) in [6.07, 6.45) is 7.37. The summed E-state index contributed by atoms with van der Waals surface area (Å²) in [7, 11) is 0. The fraction of sp³-hybridized carbons (Fsp3) is 0.625. The van der Waals surface area contributed by atoms with Crippen molar-refractivity contribution in [2.45, 2.75) is 57.5 Å². The first-order valence-electron chi connectivity index (χ1n) is 7.98. The first kappa shape index (κ1) is 13.5. The molecule has 2 aliphatic rings. The van der Waals surface area contributed by atoms with Gasteiger partial charge in [-0.05, 0) is 32.6 Å². The van der Waals surface area contributed by atoms with E-state index in [1.54, 1.807) is 0 Å². The van der Waals surface area contributed by atoms with E-state index in [1.807, 2.05) is 11.3 Å². The smallest absolute Gasteiger partial charge is 0.113 e. The van der Waals surface area contributed by atoms with Gasteiger partial charge in [0.25, 0.3) is 0 Å². The normalized spacial score (nSPS) is 21.5. The van der Waals surface area contributed by atoms with E-state index in [0.29, 0.717) is 5.92 Å². The minimum atomic E-state index is 0.550. The Kier molecular flexibility index (Phi) is 3.55. The summed E-state index contributed by atoms with van der Waals surface area (Å²) >= 11 is 1.83. The molecule has 112 valence electrons. The highest BCUT2D eigenvalue weighted by Gasteiger charge is 2.26. The van der Waals surface area contributed by atoms with E-state index in [0.717, 1.165) is 31.2 Å². The van der Waals surface area contributed by atoms with Crippen LogP contribution in [0.25, 0.3) is 0 Å². The van der Waals surface area contributed by atoms with Crippen LogP contribution in [0, 0.1) is 6.92 Å². The summed E-state index contributed by atoms with van der Waals surface area (Å²) in [5, 5.41) is 7.14. The molecule has 4 nitrogen and oxygen atoms in total. The van der Waals surface area contributed by atoms with Crippen molar-refractivity contribution >= 4 is 11.3 Å². The molecule has 1 aliphatic heterocycles. The van der Waals surface area contributed by atoms with Crippen molar-refractivity contribution < 1.29 is 0 Å². The van der Waals surface area contributed by atoms with Gasteiger partial charge in [-0.2, -0.15) is 0 Å². The van der Waals surface area contributed by atoms with Crippen LogP contribution in [0.1, 0.15) is 59.7 Å². The van der Waals surface area contributed by atoms with Gasteiger partial charge in [-0.25, -0.2) is 9.97 Å². The molecule has 0 saturated heterocycles. The highest BCUT2D eigenvalue weighted by molar-refractivity contribution is 7.09. The summed E-state index contributed by atoms with van der Waals surface area (Å²) in [6, 6.07) is 0. The molecule has 0 bridgehead atoms. The molecule has 5 heteroatoms. The van der Waals surface area contributed by atoms with Crippen molar-refractivity contribution in [2.75, 3.05) is 6.54 Å². The lowest BCUT2D eigenvalue weighted by atomic mass is 9.99. The van der Waals surface area contributed by atoms with Gasteiger partial charge in [0.05, 0.1) is 16.4 Å². The molecule has 1 aliphatic carbocycles. The number of hydrogen-bond acceptors (Lipinski definition) is 4. The fourth-order valence-corrected chi connectivity index (χ4v) is 4.19. The zero-order chi connectivity index (χ0) is 14.2. The summed E-state index contributed by atoms with van der Waals surface area (Å²) < 4.78 is 2.33. The Morgan fingerprint density at radius 2 is 2.24 bits per heavy atom. The zero-order valence-electron chi connectivity index (χ0n) is 12.5. The zero-order valence-corrected chi connectivity index (χ0v) is 13.3. The van der Waals surface area contributed by atoms with Crippen LogP contribution in [0.15, 0.2) is 11.6 Å². The molecule has 1 fully saturated rings. The Balaban J connectivity index is 1.34. The van der Waals surface area contributed by atoms with E-state index in [-0.39, 0.29) is 0 Å². The standard InChI is InChI=1S/C16H22N4S/c1-11-9-20-6-2-3-13(15(20)18-11)7-17-8-14-10-21-16(19-14)12-4-5-12/h9-10,12-13,17H,2-8H2,1H3. The van der Waals surface area contributed by atoms with Gasteiger partial charge in [-0.15, -0.1) is 11.3 Å². The van der Waals surface area contributed by atoms with Crippen LogP contribution in [0.3, 0.4) is 0 Å². The topological polar surface area (TPSA) is 42.7 Å². The fourth-order valence-electron chi connectivity index (χ4n) is 3.20. The highest BCUT2D eigenvalue weighted by Crippen LogP contribution is 2.41. The summed E-state index contributed by atoms with van der Waals surface area (Å²) in [4.78, 5) is 9.44. The van der Waals surface area contributed by atoms with Crippen molar-refractivity contribution in [3.63, 3.8) is 0 Å². The van der Waals surface area contributed by atoms with Crippen molar-refractivity contribution in [2.24, 2.45) is 0 Å². The molecular formula is C16H22N4S. The van der Waals surface area contributed by atoms with E-state index in [1.165, 1.54) is 42.2 Å². The van der Waals surface area contributed by atoms with Gasteiger partial charge in [-0.1, -0.05) is 0 Å². The number of fused-ring (bicyclic) bond motifs is 1. The second-order valence-electron chi connectivity index (χ2n) is 6.36. The van der Waals surface area contributed by atoms with Gasteiger partial charge in [0.15, 0.2) is 0 Å². The van der Waals surface area contributed by atoms with Gasteiger partial charge in [0, 0.05) is 43.0 Å². The summed E-state index contributed by atoms with van der Waals surface area (Å²) in [5.41, 5.74) is 2.35. The maximum absolute atomic E-state index is 4.74. The largest absolute Gasteiger partial charge is 0.334 e. The number of nitrogens with zero attached hydrogens (tertiary/aromatic N) is 3. The van der Waals surface area contributed by atoms with E-state index in [9.17, 15) is 0 Å². The van der Waals surface area contributed by atoms with Crippen LogP contribution in [-0.2, 0) is 13.1 Å². The lowest BCUT2D eigenvalue weighted by molar-refractivity contribution is 0.422. The van der Waals surface area contributed by atoms with Gasteiger partial charge in [0.1, 0.15) is 5.82 Å². The van der Waals surface area contributed by atoms with Crippen molar-refractivity contribution in [1.82, 2.24) is 19.9 Å². The number of imidazole rings is 1. The molecule has 0 aromatic carbocycles. The maximum atomic E-state index is 4.74. The molecule has 1 unspecified atom stereocenters. The summed E-state index contributed by atoms with van der Waals surface area (Å²) in [5.74, 6) is 2.59.